The number of hydrogen-bond acceptors (Lipinski definition) is 4. The van der Waals surface area contributed by atoms with Crippen molar-refractivity contribution in [2.75, 3.05) is 23.4 Å². The van der Waals surface area contributed by atoms with Crippen LogP contribution < -0.4 is 19.7 Å². The van der Waals surface area contributed by atoms with Gasteiger partial charge in [-0.15, -0.1) is 0 Å². The fourth-order valence-corrected chi connectivity index (χ4v) is 2.70. The zero-order chi connectivity index (χ0) is 22.1. The van der Waals surface area contributed by atoms with Gasteiger partial charge in [-0.3, -0.25) is 4.79 Å². The molecule has 0 radical (unpaired) electrons. The third-order valence-corrected chi connectivity index (χ3v) is 4.01. The molecule has 30 heavy (non-hydrogen) atoms. The van der Waals surface area contributed by atoms with E-state index in [4.69, 9.17) is 9.47 Å². The number of nitrogens with zero attached hydrogens (tertiary/aromatic N) is 1. The number of imide groups is 1. The highest BCUT2D eigenvalue weighted by atomic mass is 19.4. The molecule has 3 amide bonds. The van der Waals surface area contributed by atoms with Gasteiger partial charge in [0.25, 0.3) is 0 Å². The van der Waals surface area contributed by atoms with Crippen molar-refractivity contribution < 1.29 is 45.4 Å². The van der Waals surface area contributed by atoms with Crippen LogP contribution in [-0.2, 0) is 17.1 Å². The molecule has 160 valence electrons. The Bertz CT molecular complexity index is 974. The van der Waals surface area contributed by atoms with Crippen molar-refractivity contribution >= 4 is 23.8 Å². The molecule has 0 bridgehead atoms. The highest BCUT2D eigenvalue weighted by Gasteiger charge is 2.43. The van der Waals surface area contributed by atoms with Crippen molar-refractivity contribution in [1.82, 2.24) is 0 Å². The number of ether oxygens (including phenoxy) is 2. The number of alkyl halides is 6. The fraction of sp³-hybridized carbons (Fsp3) is 0.222. The van der Waals surface area contributed by atoms with Crippen LogP contribution in [0.15, 0.2) is 36.4 Å². The van der Waals surface area contributed by atoms with E-state index in [2.05, 4.69) is 0 Å². The maximum absolute atomic E-state index is 13.0. The minimum Gasteiger partial charge on any atom is -0.486 e. The van der Waals surface area contributed by atoms with E-state index in [-0.39, 0.29) is 36.6 Å². The van der Waals surface area contributed by atoms with Crippen molar-refractivity contribution in [3.63, 3.8) is 0 Å². The van der Waals surface area contributed by atoms with Gasteiger partial charge in [-0.25, -0.2) is 9.69 Å². The standard InChI is InChI=1S/C18H12F6N2O4/c19-17(20,21)12-3-1-10(7-13(12)18(22,23)24)25-16(28)26(9-27)11-2-4-14-15(8-11)30-6-5-29-14/h1-4,7-9H,5-6H2,(H,25,28). The highest BCUT2D eigenvalue weighted by molar-refractivity contribution is 6.12. The van der Waals surface area contributed by atoms with E-state index in [0.29, 0.717) is 23.3 Å². The summed E-state index contributed by atoms with van der Waals surface area (Å²) in [7, 11) is 0. The Morgan fingerprint density at radius 2 is 1.53 bits per heavy atom. The van der Waals surface area contributed by atoms with E-state index in [1.807, 2.05) is 5.32 Å². The first-order valence-electron chi connectivity index (χ1n) is 8.24. The molecule has 1 heterocycles. The van der Waals surface area contributed by atoms with E-state index in [1.165, 1.54) is 18.2 Å². The normalized spacial score (nSPS) is 13.5. The fourth-order valence-electron chi connectivity index (χ4n) is 2.70. The number of carbonyl (C=O) groups excluding carboxylic acids is 2. The minimum atomic E-state index is -5.31. The molecule has 1 N–H and O–H groups in total. The van der Waals surface area contributed by atoms with Crippen molar-refractivity contribution in [1.29, 1.82) is 0 Å². The lowest BCUT2D eigenvalue weighted by Crippen LogP contribution is -2.34. The molecule has 0 saturated carbocycles. The predicted octanol–water partition coefficient (Wildman–Crippen LogP) is 4.69. The summed E-state index contributed by atoms with van der Waals surface area (Å²) in [5.74, 6) is 0.612. The van der Waals surface area contributed by atoms with Crippen LogP contribution in [0.2, 0.25) is 0 Å². The maximum atomic E-state index is 13.0. The molecule has 0 fully saturated rings. The van der Waals surface area contributed by atoms with Gasteiger partial charge in [-0.1, -0.05) is 0 Å². The van der Waals surface area contributed by atoms with E-state index < -0.39 is 35.2 Å². The zero-order valence-electron chi connectivity index (χ0n) is 14.8. The number of hydrogen-bond donors (Lipinski definition) is 1. The Kier molecular flexibility index (Phi) is 5.51. The van der Waals surface area contributed by atoms with Crippen LogP contribution in [0.1, 0.15) is 11.1 Å². The molecule has 2 aromatic carbocycles. The van der Waals surface area contributed by atoms with Crippen molar-refractivity contribution in [2.45, 2.75) is 12.4 Å². The number of amides is 3. The molecule has 0 saturated heterocycles. The summed E-state index contributed by atoms with van der Waals surface area (Å²) in [6.45, 7) is 0.537. The average molecular weight is 434 g/mol. The molecule has 2 aromatic rings. The number of rotatable bonds is 3. The van der Waals surface area contributed by atoms with Gasteiger partial charge in [0.1, 0.15) is 13.2 Å². The number of carbonyl (C=O) groups is 2. The van der Waals surface area contributed by atoms with Crippen molar-refractivity contribution in [3.05, 3.63) is 47.5 Å². The first-order chi connectivity index (χ1) is 14.0. The first-order valence-corrected chi connectivity index (χ1v) is 8.24. The van der Waals surface area contributed by atoms with Crippen molar-refractivity contribution in [2.24, 2.45) is 0 Å². The van der Waals surface area contributed by atoms with Gasteiger partial charge in [0, 0.05) is 11.8 Å². The molecule has 0 atom stereocenters. The Morgan fingerprint density at radius 3 is 2.13 bits per heavy atom. The van der Waals surface area contributed by atoms with E-state index in [0.717, 1.165) is 0 Å². The van der Waals surface area contributed by atoms with Crippen molar-refractivity contribution in [3.8, 4) is 11.5 Å². The number of halogens is 6. The van der Waals surface area contributed by atoms with Crippen LogP contribution in [-0.4, -0.2) is 25.7 Å². The second kappa shape index (κ2) is 7.76. The third-order valence-electron chi connectivity index (χ3n) is 4.01. The largest absolute Gasteiger partial charge is 0.486 e. The Balaban J connectivity index is 1.88. The molecule has 3 rings (SSSR count). The zero-order valence-corrected chi connectivity index (χ0v) is 14.8. The monoisotopic (exact) mass is 434 g/mol. The van der Waals surface area contributed by atoms with Crippen LogP contribution >= 0.6 is 0 Å². The molecular formula is C18H12F6N2O4. The molecule has 0 aromatic heterocycles. The molecule has 6 nitrogen and oxygen atoms in total. The smallest absolute Gasteiger partial charge is 0.417 e. The van der Waals surface area contributed by atoms with Crippen LogP contribution in [0.4, 0.5) is 42.5 Å². The Hall–Kier alpha value is -3.44. The van der Waals surface area contributed by atoms with Crippen LogP contribution in [0.3, 0.4) is 0 Å². The maximum Gasteiger partial charge on any atom is 0.417 e. The summed E-state index contributed by atoms with van der Waals surface area (Å²) in [5.41, 5.74) is -4.43. The van der Waals surface area contributed by atoms with E-state index >= 15 is 0 Å². The molecule has 1 aliphatic rings. The second-order valence-electron chi connectivity index (χ2n) is 5.99. The number of urea groups is 1. The molecule has 0 spiro atoms. The van der Waals surface area contributed by atoms with Gasteiger partial charge >= 0.3 is 18.4 Å². The number of benzene rings is 2. The second-order valence-corrected chi connectivity index (χ2v) is 5.99. The molecule has 0 unspecified atom stereocenters. The van der Waals surface area contributed by atoms with Gasteiger partial charge < -0.3 is 14.8 Å². The number of nitrogens with one attached hydrogen (secondary N) is 1. The summed E-state index contributed by atoms with van der Waals surface area (Å²) in [6.07, 6.45) is -10.5. The van der Waals surface area contributed by atoms with Gasteiger partial charge in [-0.2, -0.15) is 26.3 Å². The number of fused-ring (bicyclic) bond motifs is 1. The molecular weight excluding hydrogens is 422 g/mol. The lowest BCUT2D eigenvalue weighted by molar-refractivity contribution is -0.162. The highest BCUT2D eigenvalue weighted by Crippen LogP contribution is 2.41. The summed E-state index contributed by atoms with van der Waals surface area (Å²) in [4.78, 5) is 24.3. The van der Waals surface area contributed by atoms with Crippen LogP contribution in [0.5, 0.6) is 11.5 Å². The van der Waals surface area contributed by atoms with Gasteiger partial charge in [0.2, 0.25) is 6.41 Å². The summed E-state index contributed by atoms with van der Waals surface area (Å²) < 4.78 is 88.3. The predicted molar refractivity (Wildman–Crippen MR) is 91.4 cm³/mol. The van der Waals surface area contributed by atoms with E-state index in [9.17, 15) is 35.9 Å². The molecule has 0 aliphatic carbocycles. The lowest BCUT2D eigenvalue weighted by Gasteiger charge is -2.22. The topological polar surface area (TPSA) is 67.9 Å². The van der Waals surface area contributed by atoms with Gasteiger partial charge in [0.05, 0.1) is 16.8 Å². The molecule has 1 aliphatic heterocycles. The van der Waals surface area contributed by atoms with Crippen LogP contribution in [0.25, 0.3) is 0 Å². The Labute approximate surface area is 165 Å². The quantitative estimate of drug-likeness (QED) is 0.562. The summed E-state index contributed by atoms with van der Waals surface area (Å²) in [5, 5.41) is 1.98. The summed E-state index contributed by atoms with van der Waals surface area (Å²) >= 11 is 0. The number of anilines is 2. The molecule has 12 heteroatoms. The van der Waals surface area contributed by atoms with Gasteiger partial charge in [0.15, 0.2) is 11.5 Å². The lowest BCUT2D eigenvalue weighted by atomic mass is 10.1. The Morgan fingerprint density at radius 1 is 0.900 bits per heavy atom. The average Bonchev–Trinajstić information content (AvgIpc) is 2.67. The SMILES string of the molecule is O=CN(C(=O)Nc1ccc(C(F)(F)F)c(C(F)(F)F)c1)c1ccc2c(c1)OCCO2. The summed E-state index contributed by atoms with van der Waals surface area (Å²) in [6, 6.07) is 3.87. The van der Waals surface area contributed by atoms with E-state index in [1.54, 1.807) is 0 Å². The minimum absolute atomic E-state index is 0.00899. The first kappa shape index (κ1) is 21.3. The third kappa shape index (κ3) is 4.42. The van der Waals surface area contributed by atoms with Gasteiger partial charge in [-0.05, 0) is 30.3 Å². The van der Waals surface area contributed by atoms with Crippen LogP contribution in [0, 0.1) is 0 Å².